The molecule has 0 saturated carbocycles. The molecule has 5 nitrogen and oxygen atoms in total. The van der Waals surface area contributed by atoms with Crippen molar-refractivity contribution in [1.82, 2.24) is 0 Å². The minimum atomic E-state index is -0.423. The lowest BCUT2D eigenvalue weighted by molar-refractivity contribution is -0.384. The molecule has 88 valence electrons. The van der Waals surface area contributed by atoms with Crippen LogP contribution >= 0.6 is 0 Å². The van der Waals surface area contributed by atoms with E-state index in [4.69, 9.17) is 4.74 Å². The molecule has 1 aromatic carbocycles. The number of nitrogens with zero attached hydrogens (tertiary/aromatic N) is 1. The second-order valence-corrected chi connectivity index (χ2v) is 4.52. The normalized spacial score (nSPS) is 11.0. The van der Waals surface area contributed by atoms with Crippen LogP contribution in [0.5, 0.6) is 5.75 Å². The van der Waals surface area contributed by atoms with Crippen LogP contribution in [0.25, 0.3) is 0 Å². The van der Waals surface area contributed by atoms with Gasteiger partial charge in [0.15, 0.2) is 0 Å². The van der Waals surface area contributed by atoms with Gasteiger partial charge < -0.3 is 10.1 Å². The van der Waals surface area contributed by atoms with Gasteiger partial charge in [-0.25, -0.2) is 0 Å². The summed E-state index contributed by atoms with van der Waals surface area (Å²) >= 11 is 0. The number of rotatable bonds is 3. The fourth-order valence-corrected chi connectivity index (χ4v) is 1.31. The largest absolute Gasteiger partial charge is 0.495 e. The summed E-state index contributed by atoms with van der Waals surface area (Å²) in [5.41, 5.74) is 0.499. The first-order valence-corrected chi connectivity index (χ1v) is 4.94. The van der Waals surface area contributed by atoms with Gasteiger partial charge in [0.2, 0.25) is 0 Å². The fourth-order valence-electron chi connectivity index (χ4n) is 1.31. The lowest BCUT2D eigenvalue weighted by atomic mass is 10.1. The molecule has 5 heteroatoms. The van der Waals surface area contributed by atoms with Crippen LogP contribution in [0.2, 0.25) is 0 Å². The highest BCUT2D eigenvalue weighted by atomic mass is 16.6. The SMILES string of the molecule is COc1ccc([N+](=O)[O-])cc1NC(C)(C)C. The van der Waals surface area contributed by atoms with E-state index in [-0.39, 0.29) is 11.2 Å². The van der Waals surface area contributed by atoms with Gasteiger partial charge in [-0.15, -0.1) is 0 Å². The van der Waals surface area contributed by atoms with E-state index in [2.05, 4.69) is 5.32 Å². The Balaban J connectivity index is 3.12. The fraction of sp³-hybridized carbons (Fsp3) is 0.455. The predicted molar refractivity (Wildman–Crippen MR) is 63.0 cm³/mol. The van der Waals surface area contributed by atoms with Crippen molar-refractivity contribution in [1.29, 1.82) is 0 Å². The van der Waals surface area contributed by atoms with Crippen molar-refractivity contribution in [2.24, 2.45) is 0 Å². The molecule has 1 rings (SSSR count). The summed E-state index contributed by atoms with van der Waals surface area (Å²) in [6.07, 6.45) is 0. The lowest BCUT2D eigenvalue weighted by Crippen LogP contribution is -2.26. The molecule has 1 aromatic rings. The first-order valence-electron chi connectivity index (χ1n) is 4.94. The van der Waals surface area contributed by atoms with Crippen LogP contribution in [0.4, 0.5) is 11.4 Å². The molecule has 0 spiro atoms. The number of nitro groups is 1. The highest BCUT2D eigenvalue weighted by Gasteiger charge is 2.16. The van der Waals surface area contributed by atoms with Crippen LogP contribution in [-0.2, 0) is 0 Å². The van der Waals surface area contributed by atoms with Gasteiger partial charge in [0.05, 0.1) is 17.7 Å². The minimum Gasteiger partial charge on any atom is -0.495 e. The maximum Gasteiger partial charge on any atom is 0.271 e. The van der Waals surface area contributed by atoms with Gasteiger partial charge in [0.25, 0.3) is 5.69 Å². The molecule has 0 bridgehead atoms. The van der Waals surface area contributed by atoms with Crippen molar-refractivity contribution in [3.05, 3.63) is 28.3 Å². The minimum absolute atomic E-state index is 0.0487. The van der Waals surface area contributed by atoms with E-state index < -0.39 is 4.92 Å². The smallest absolute Gasteiger partial charge is 0.271 e. The molecule has 0 radical (unpaired) electrons. The van der Waals surface area contributed by atoms with Gasteiger partial charge in [-0.1, -0.05) is 0 Å². The van der Waals surface area contributed by atoms with Gasteiger partial charge in [-0.3, -0.25) is 10.1 Å². The first-order chi connectivity index (χ1) is 7.33. The van der Waals surface area contributed by atoms with Gasteiger partial charge in [-0.2, -0.15) is 0 Å². The van der Waals surface area contributed by atoms with Crippen LogP contribution < -0.4 is 10.1 Å². The number of anilines is 1. The molecule has 0 aliphatic carbocycles. The van der Waals surface area contributed by atoms with Crippen molar-refractivity contribution in [3.8, 4) is 5.75 Å². The molecule has 1 N–H and O–H groups in total. The summed E-state index contributed by atoms with van der Waals surface area (Å²) in [4.78, 5) is 10.2. The van der Waals surface area contributed by atoms with Crippen LogP contribution in [-0.4, -0.2) is 17.6 Å². The Labute approximate surface area is 94.6 Å². The van der Waals surface area contributed by atoms with E-state index in [0.717, 1.165) is 0 Å². The third kappa shape index (κ3) is 3.12. The third-order valence-corrected chi connectivity index (χ3v) is 1.90. The molecule has 0 aromatic heterocycles. The maximum absolute atomic E-state index is 10.7. The molecule has 0 atom stereocenters. The summed E-state index contributed by atoms with van der Waals surface area (Å²) in [5, 5.41) is 13.8. The van der Waals surface area contributed by atoms with Gasteiger partial charge in [0, 0.05) is 17.7 Å². The van der Waals surface area contributed by atoms with Crippen LogP contribution in [0.3, 0.4) is 0 Å². The highest BCUT2D eigenvalue weighted by Crippen LogP contribution is 2.30. The monoisotopic (exact) mass is 224 g/mol. The van der Waals surface area contributed by atoms with Crippen molar-refractivity contribution in [3.63, 3.8) is 0 Å². The maximum atomic E-state index is 10.7. The molecule has 0 aliphatic rings. The van der Waals surface area contributed by atoms with Crippen LogP contribution in [0.15, 0.2) is 18.2 Å². The van der Waals surface area contributed by atoms with Crippen LogP contribution in [0.1, 0.15) is 20.8 Å². The summed E-state index contributed by atoms with van der Waals surface area (Å²) < 4.78 is 5.14. The number of ether oxygens (including phenoxy) is 1. The van der Waals surface area contributed by atoms with E-state index in [1.165, 1.54) is 19.2 Å². The molecule has 0 amide bonds. The molecule has 16 heavy (non-hydrogen) atoms. The number of hydrogen-bond acceptors (Lipinski definition) is 4. The van der Waals surface area contributed by atoms with Crippen molar-refractivity contribution >= 4 is 11.4 Å². The Bertz CT molecular complexity index is 397. The van der Waals surface area contributed by atoms with Crippen molar-refractivity contribution in [2.75, 3.05) is 12.4 Å². The number of non-ortho nitro benzene ring substituents is 1. The number of methoxy groups -OCH3 is 1. The number of benzene rings is 1. The van der Waals surface area contributed by atoms with E-state index in [0.29, 0.717) is 11.4 Å². The van der Waals surface area contributed by atoms with Crippen molar-refractivity contribution in [2.45, 2.75) is 26.3 Å². The molecular weight excluding hydrogens is 208 g/mol. The van der Waals surface area contributed by atoms with Gasteiger partial charge >= 0.3 is 0 Å². The Morgan fingerprint density at radius 1 is 1.38 bits per heavy atom. The van der Waals surface area contributed by atoms with Crippen LogP contribution in [0, 0.1) is 10.1 Å². The Hall–Kier alpha value is -1.78. The zero-order chi connectivity index (χ0) is 12.3. The Morgan fingerprint density at radius 3 is 2.44 bits per heavy atom. The molecule has 0 aliphatic heterocycles. The highest BCUT2D eigenvalue weighted by molar-refractivity contribution is 5.62. The van der Waals surface area contributed by atoms with Crippen molar-refractivity contribution < 1.29 is 9.66 Å². The second kappa shape index (κ2) is 4.38. The zero-order valence-electron chi connectivity index (χ0n) is 9.90. The quantitative estimate of drug-likeness (QED) is 0.633. The average molecular weight is 224 g/mol. The topological polar surface area (TPSA) is 64.4 Å². The standard InChI is InChI=1S/C11H16N2O3/c1-11(2,3)12-9-7-8(13(14)15)5-6-10(9)16-4/h5-7,12H,1-4H3. The number of hydrogen-bond donors (Lipinski definition) is 1. The lowest BCUT2D eigenvalue weighted by Gasteiger charge is -2.23. The van der Waals surface area contributed by atoms with E-state index in [9.17, 15) is 10.1 Å². The number of nitrogens with one attached hydrogen (secondary N) is 1. The van der Waals surface area contributed by atoms with Gasteiger partial charge in [-0.05, 0) is 26.8 Å². The molecule has 0 heterocycles. The van der Waals surface area contributed by atoms with E-state index >= 15 is 0 Å². The molecule has 0 unspecified atom stereocenters. The third-order valence-electron chi connectivity index (χ3n) is 1.90. The average Bonchev–Trinajstić information content (AvgIpc) is 2.15. The molecular formula is C11H16N2O3. The zero-order valence-corrected chi connectivity index (χ0v) is 9.90. The Morgan fingerprint density at radius 2 is 2.00 bits per heavy atom. The summed E-state index contributed by atoms with van der Waals surface area (Å²) in [6.45, 7) is 5.93. The van der Waals surface area contributed by atoms with E-state index in [1.807, 2.05) is 20.8 Å². The first kappa shape index (κ1) is 12.3. The molecule has 0 saturated heterocycles. The summed E-state index contributed by atoms with van der Waals surface area (Å²) in [7, 11) is 1.54. The Kier molecular flexibility index (Phi) is 3.37. The number of nitro benzene ring substituents is 1. The summed E-state index contributed by atoms with van der Waals surface area (Å²) in [6, 6.07) is 4.49. The molecule has 0 fully saturated rings. The predicted octanol–water partition coefficient (Wildman–Crippen LogP) is 2.81. The van der Waals surface area contributed by atoms with E-state index in [1.54, 1.807) is 6.07 Å². The summed E-state index contributed by atoms with van der Waals surface area (Å²) in [5.74, 6) is 0.598. The van der Waals surface area contributed by atoms with Gasteiger partial charge in [0.1, 0.15) is 5.75 Å². The second-order valence-electron chi connectivity index (χ2n) is 4.52.